The lowest BCUT2D eigenvalue weighted by Crippen LogP contribution is -2.48. The van der Waals surface area contributed by atoms with Crippen molar-refractivity contribution < 1.29 is 0 Å². The smallest absolute Gasteiger partial charge is 0.193 e. The molecule has 30 heavy (non-hydrogen) atoms. The average Bonchev–Trinajstić information content (AvgIpc) is 3.00. The summed E-state index contributed by atoms with van der Waals surface area (Å²) in [7, 11) is 2.24. The lowest BCUT2D eigenvalue weighted by molar-refractivity contribution is 0.215. The van der Waals surface area contributed by atoms with E-state index >= 15 is 0 Å². The van der Waals surface area contributed by atoms with Gasteiger partial charge < -0.3 is 20.0 Å². The molecule has 2 aliphatic rings. The van der Waals surface area contributed by atoms with Gasteiger partial charge in [-0.1, -0.05) is 43.7 Å². The number of nitrogens with one attached hydrogen (secondary N) is 1. The van der Waals surface area contributed by atoms with Gasteiger partial charge in [0.25, 0.3) is 0 Å². The Morgan fingerprint density at radius 2 is 1.90 bits per heavy atom. The molecule has 168 valence electrons. The zero-order valence-corrected chi connectivity index (χ0v) is 19.5. The van der Waals surface area contributed by atoms with Crippen LogP contribution in [-0.2, 0) is 0 Å². The summed E-state index contributed by atoms with van der Waals surface area (Å²) in [4.78, 5) is 12.6. The van der Waals surface area contributed by atoms with E-state index in [9.17, 15) is 0 Å². The molecule has 0 saturated carbocycles. The van der Waals surface area contributed by atoms with E-state index in [1.165, 1.54) is 57.5 Å². The van der Waals surface area contributed by atoms with Gasteiger partial charge in [0.05, 0.1) is 0 Å². The Kier molecular flexibility index (Phi) is 9.47. The van der Waals surface area contributed by atoms with E-state index in [4.69, 9.17) is 4.99 Å². The Labute approximate surface area is 184 Å². The van der Waals surface area contributed by atoms with Gasteiger partial charge in [0.1, 0.15) is 0 Å². The second-order valence-corrected chi connectivity index (χ2v) is 9.01. The summed E-state index contributed by atoms with van der Waals surface area (Å²) in [6, 6.07) is 11.1. The molecule has 0 aromatic heterocycles. The van der Waals surface area contributed by atoms with Gasteiger partial charge in [0, 0.05) is 39.3 Å². The van der Waals surface area contributed by atoms with Gasteiger partial charge in [0.15, 0.2) is 5.96 Å². The number of likely N-dealkylation sites (N-methyl/N-ethyl adjacent to an activating group) is 1. The standard InChI is InChI=1S/C25H43N5/c1-4-22-21-30(18-13-24(22)23-11-7-6-8-12-23)25(26-5-2)27-14-9-16-29-17-10-15-28(3)19-20-29/h6-8,11-12,22,24H,4-5,9-10,13-21H2,1-3H3,(H,26,27). The van der Waals surface area contributed by atoms with E-state index in [0.29, 0.717) is 11.8 Å². The number of hydrogen-bond donors (Lipinski definition) is 1. The Bertz CT molecular complexity index is 632. The van der Waals surface area contributed by atoms with Crippen molar-refractivity contribution in [1.82, 2.24) is 20.0 Å². The fourth-order valence-electron chi connectivity index (χ4n) is 5.01. The average molecular weight is 414 g/mol. The monoisotopic (exact) mass is 413 g/mol. The van der Waals surface area contributed by atoms with E-state index in [2.05, 4.69) is 71.2 Å². The van der Waals surface area contributed by atoms with Crippen LogP contribution in [0, 0.1) is 5.92 Å². The zero-order valence-electron chi connectivity index (χ0n) is 19.5. The molecule has 2 atom stereocenters. The second-order valence-electron chi connectivity index (χ2n) is 9.01. The molecule has 2 unspecified atom stereocenters. The SMILES string of the molecule is CCNC(=NCCCN1CCCN(C)CC1)N1CCC(c2ccccc2)C(CC)C1. The molecule has 3 rings (SSSR count). The lowest BCUT2D eigenvalue weighted by Gasteiger charge is -2.40. The number of benzene rings is 1. The number of guanidine groups is 1. The molecule has 0 amide bonds. The predicted molar refractivity (Wildman–Crippen MR) is 128 cm³/mol. The Balaban J connectivity index is 1.52. The van der Waals surface area contributed by atoms with Crippen molar-refractivity contribution in [2.75, 3.05) is 66.0 Å². The molecule has 2 fully saturated rings. The molecule has 2 saturated heterocycles. The molecule has 0 spiro atoms. The van der Waals surface area contributed by atoms with Crippen LogP contribution < -0.4 is 5.32 Å². The van der Waals surface area contributed by atoms with E-state index in [1.54, 1.807) is 0 Å². The summed E-state index contributed by atoms with van der Waals surface area (Å²) in [5.41, 5.74) is 1.51. The molecular formula is C25H43N5. The Morgan fingerprint density at radius 3 is 2.67 bits per heavy atom. The largest absolute Gasteiger partial charge is 0.357 e. The van der Waals surface area contributed by atoms with Crippen molar-refractivity contribution >= 4 is 5.96 Å². The Morgan fingerprint density at radius 1 is 1.07 bits per heavy atom. The van der Waals surface area contributed by atoms with Crippen molar-refractivity contribution in [2.24, 2.45) is 10.9 Å². The second kappa shape index (κ2) is 12.3. The topological polar surface area (TPSA) is 34.1 Å². The maximum Gasteiger partial charge on any atom is 0.193 e. The summed E-state index contributed by atoms with van der Waals surface area (Å²) in [6.07, 6.45) is 4.88. The molecule has 5 nitrogen and oxygen atoms in total. The van der Waals surface area contributed by atoms with Gasteiger partial charge in [-0.15, -0.1) is 0 Å². The first kappa shape index (κ1) is 23.1. The van der Waals surface area contributed by atoms with Crippen LogP contribution in [0.2, 0.25) is 0 Å². The van der Waals surface area contributed by atoms with Gasteiger partial charge in [-0.25, -0.2) is 0 Å². The molecule has 5 heteroatoms. The number of nitrogens with zero attached hydrogens (tertiary/aromatic N) is 4. The van der Waals surface area contributed by atoms with E-state index in [1.807, 2.05) is 0 Å². The minimum Gasteiger partial charge on any atom is -0.357 e. The zero-order chi connectivity index (χ0) is 21.2. The summed E-state index contributed by atoms with van der Waals surface area (Å²) in [6.45, 7) is 14.6. The van der Waals surface area contributed by atoms with Crippen molar-refractivity contribution in [2.45, 2.75) is 45.4 Å². The normalized spacial score (nSPS) is 24.6. The number of rotatable bonds is 7. The fourth-order valence-corrected chi connectivity index (χ4v) is 5.01. The highest BCUT2D eigenvalue weighted by Gasteiger charge is 2.30. The van der Waals surface area contributed by atoms with Crippen LogP contribution in [0.4, 0.5) is 0 Å². The highest BCUT2D eigenvalue weighted by molar-refractivity contribution is 5.80. The quantitative estimate of drug-likeness (QED) is 0.421. The first-order chi connectivity index (χ1) is 14.7. The first-order valence-electron chi connectivity index (χ1n) is 12.2. The predicted octanol–water partition coefficient (Wildman–Crippen LogP) is 3.50. The van der Waals surface area contributed by atoms with E-state index < -0.39 is 0 Å². The summed E-state index contributed by atoms with van der Waals surface area (Å²) >= 11 is 0. The van der Waals surface area contributed by atoms with Gasteiger partial charge in [0.2, 0.25) is 0 Å². The highest BCUT2D eigenvalue weighted by atomic mass is 15.3. The maximum absolute atomic E-state index is 5.02. The Hall–Kier alpha value is -1.59. The molecule has 2 aliphatic heterocycles. The number of likely N-dealkylation sites (tertiary alicyclic amines) is 1. The molecule has 0 radical (unpaired) electrons. The molecular weight excluding hydrogens is 370 g/mol. The van der Waals surface area contributed by atoms with Crippen molar-refractivity contribution in [3.8, 4) is 0 Å². The van der Waals surface area contributed by atoms with Gasteiger partial charge >= 0.3 is 0 Å². The molecule has 2 heterocycles. The van der Waals surface area contributed by atoms with Crippen LogP contribution in [0.3, 0.4) is 0 Å². The van der Waals surface area contributed by atoms with Gasteiger partial charge in [-0.2, -0.15) is 0 Å². The summed E-state index contributed by atoms with van der Waals surface area (Å²) < 4.78 is 0. The van der Waals surface area contributed by atoms with Crippen LogP contribution in [0.25, 0.3) is 0 Å². The fraction of sp³-hybridized carbons (Fsp3) is 0.720. The van der Waals surface area contributed by atoms with Crippen LogP contribution in [0.15, 0.2) is 35.3 Å². The third-order valence-corrected chi connectivity index (χ3v) is 6.83. The highest BCUT2D eigenvalue weighted by Crippen LogP contribution is 2.34. The maximum atomic E-state index is 5.02. The number of hydrogen-bond acceptors (Lipinski definition) is 3. The summed E-state index contributed by atoms with van der Waals surface area (Å²) in [5.74, 6) is 2.49. The third kappa shape index (κ3) is 6.71. The minimum absolute atomic E-state index is 0.677. The molecule has 1 aromatic rings. The summed E-state index contributed by atoms with van der Waals surface area (Å²) in [5, 5.41) is 3.56. The number of piperidine rings is 1. The van der Waals surface area contributed by atoms with Crippen molar-refractivity contribution in [1.29, 1.82) is 0 Å². The van der Waals surface area contributed by atoms with Crippen LogP contribution in [-0.4, -0.2) is 86.6 Å². The molecule has 1 aromatic carbocycles. The van der Waals surface area contributed by atoms with Gasteiger partial charge in [-0.05, 0) is 70.3 Å². The third-order valence-electron chi connectivity index (χ3n) is 6.83. The van der Waals surface area contributed by atoms with Crippen LogP contribution in [0.1, 0.15) is 51.0 Å². The minimum atomic E-state index is 0.677. The molecule has 1 N–H and O–H groups in total. The first-order valence-corrected chi connectivity index (χ1v) is 12.2. The van der Waals surface area contributed by atoms with E-state index in [0.717, 1.165) is 38.6 Å². The van der Waals surface area contributed by atoms with Crippen molar-refractivity contribution in [3.63, 3.8) is 0 Å². The number of aliphatic imine (C=N–C) groups is 1. The van der Waals surface area contributed by atoms with Crippen LogP contribution >= 0.6 is 0 Å². The van der Waals surface area contributed by atoms with Crippen LogP contribution in [0.5, 0.6) is 0 Å². The van der Waals surface area contributed by atoms with Gasteiger partial charge in [-0.3, -0.25) is 4.99 Å². The lowest BCUT2D eigenvalue weighted by atomic mass is 9.79. The molecule has 0 bridgehead atoms. The van der Waals surface area contributed by atoms with Crippen molar-refractivity contribution in [3.05, 3.63) is 35.9 Å². The van der Waals surface area contributed by atoms with E-state index in [-0.39, 0.29) is 0 Å². The molecule has 0 aliphatic carbocycles.